The largest absolute Gasteiger partial charge is 0.309 e. The van der Waals surface area contributed by atoms with Gasteiger partial charge in [0.05, 0.1) is 61.2 Å². The molecule has 0 N–H and O–H groups in total. The lowest BCUT2D eigenvalue weighted by Gasteiger charge is -2.29. The highest BCUT2D eigenvalue weighted by Crippen LogP contribution is 2.57. The molecule has 9 aromatic rings. The van der Waals surface area contributed by atoms with Crippen LogP contribution in [0.1, 0.15) is 29.2 Å². The summed E-state index contributed by atoms with van der Waals surface area (Å²) in [5, 5.41) is 1.20. The first-order chi connectivity index (χ1) is 28.6. The van der Waals surface area contributed by atoms with Crippen molar-refractivity contribution in [2.75, 3.05) is 9.80 Å². The van der Waals surface area contributed by atoms with Crippen molar-refractivity contribution in [1.82, 2.24) is 9.55 Å². The SMILES string of the molecule is CC1(I)c2ccccc2-c2cc3c(cc21)N(c1cncc(-n2c4c(c5ccccc52)-c2ccccc2N(c2ccccc2)c2ccccc2-4)c1)c1ccccc1C=C3. The Balaban J connectivity index is 1.12. The zero-order valence-electron chi connectivity index (χ0n) is 31.6. The van der Waals surface area contributed by atoms with Crippen LogP contribution in [0.3, 0.4) is 0 Å². The van der Waals surface area contributed by atoms with Crippen molar-refractivity contribution in [1.29, 1.82) is 0 Å². The zero-order chi connectivity index (χ0) is 38.5. The molecule has 4 nitrogen and oxygen atoms in total. The quantitative estimate of drug-likeness (QED) is 0.131. The molecule has 0 spiro atoms. The van der Waals surface area contributed by atoms with E-state index in [0.717, 1.165) is 62.1 Å². The molecular weight excluding hydrogens is 820 g/mol. The van der Waals surface area contributed by atoms with Crippen molar-refractivity contribution >= 4 is 79.8 Å². The van der Waals surface area contributed by atoms with Crippen LogP contribution in [-0.4, -0.2) is 9.55 Å². The highest BCUT2D eigenvalue weighted by atomic mass is 127. The van der Waals surface area contributed by atoms with E-state index in [1.165, 1.54) is 44.3 Å². The summed E-state index contributed by atoms with van der Waals surface area (Å²) in [6, 6.07) is 61.9. The molecule has 4 heterocycles. The van der Waals surface area contributed by atoms with E-state index in [1.807, 2.05) is 12.4 Å². The first kappa shape index (κ1) is 33.4. The molecule has 0 fully saturated rings. The number of anilines is 6. The number of hydrogen-bond acceptors (Lipinski definition) is 3. The number of para-hydroxylation sites is 5. The van der Waals surface area contributed by atoms with Gasteiger partial charge in [-0.25, -0.2) is 0 Å². The summed E-state index contributed by atoms with van der Waals surface area (Å²) >= 11 is 2.65. The average molecular weight is 855 g/mol. The summed E-state index contributed by atoms with van der Waals surface area (Å²) in [5.41, 5.74) is 21.2. The molecule has 0 saturated heterocycles. The van der Waals surface area contributed by atoms with Gasteiger partial charge in [0.1, 0.15) is 0 Å². The third kappa shape index (κ3) is 4.77. The van der Waals surface area contributed by atoms with Crippen molar-refractivity contribution in [3.05, 3.63) is 205 Å². The highest BCUT2D eigenvalue weighted by Gasteiger charge is 2.39. The van der Waals surface area contributed by atoms with Crippen molar-refractivity contribution in [3.63, 3.8) is 0 Å². The Hall–Kier alpha value is -6.70. The predicted octanol–water partition coefficient (Wildman–Crippen LogP) is 14.8. The van der Waals surface area contributed by atoms with Gasteiger partial charge < -0.3 is 14.4 Å². The van der Waals surface area contributed by atoms with Crippen LogP contribution in [0.25, 0.3) is 62.3 Å². The molecule has 1 aliphatic carbocycles. The van der Waals surface area contributed by atoms with Crippen LogP contribution < -0.4 is 9.80 Å². The Morgan fingerprint density at radius 3 is 1.93 bits per heavy atom. The van der Waals surface area contributed by atoms with E-state index < -0.39 is 0 Å². The summed E-state index contributed by atoms with van der Waals surface area (Å²) in [6.07, 6.45) is 8.58. The van der Waals surface area contributed by atoms with Gasteiger partial charge in [0.25, 0.3) is 0 Å². The monoisotopic (exact) mass is 854 g/mol. The Kier molecular flexibility index (Phi) is 7.29. The Morgan fingerprint density at radius 1 is 0.466 bits per heavy atom. The van der Waals surface area contributed by atoms with Gasteiger partial charge in [-0.15, -0.1) is 0 Å². The van der Waals surface area contributed by atoms with Crippen LogP contribution in [-0.2, 0) is 3.42 Å². The fraction of sp³-hybridized carbons (Fsp3) is 0.0377. The molecule has 1 unspecified atom stereocenters. The predicted molar refractivity (Wildman–Crippen MR) is 250 cm³/mol. The number of aromatic nitrogens is 2. The van der Waals surface area contributed by atoms with Gasteiger partial charge in [0.15, 0.2) is 0 Å². The van der Waals surface area contributed by atoms with Crippen LogP contribution in [0, 0.1) is 0 Å². The molecule has 0 amide bonds. The Morgan fingerprint density at radius 2 is 1.09 bits per heavy atom. The summed E-state index contributed by atoms with van der Waals surface area (Å²) in [4.78, 5) is 9.90. The number of alkyl halides is 1. The second-order valence-electron chi connectivity index (χ2n) is 15.4. The summed E-state index contributed by atoms with van der Waals surface area (Å²) < 4.78 is 2.27. The summed E-state index contributed by atoms with van der Waals surface area (Å²) in [6.45, 7) is 2.34. The standard InChI is InChI=1S/C53H35IN4/c1-53(54)44-22-10-6-18-39(44)43-29-35-28-27-34-15-5-11-23-46(34)57(50(35)31-45(43)53)37-30-38(33-55-32-37)58-48-25-13-8-20-41(48)51-40-19-7-12-24-47(40)56(36-16-3-2-4-17-36)49-26-14-9-21-42(49)52(51)58/h2-33H,1H3. The normalized spacial score (nSPS) is 15.7. The molecule has 0 bridgehead atoms. The molecule has 5 heteroatoms. The number of benzene rings is 7. The molecule has 12 rings (SSSR count). The second-order valence-corrected chi connectivity index (χ2v) is 17.6. The van der Waals surface area contributed by atoms with E-state index >= 15 is 0 Å². The zero-order valence-corrected chi connectivity index (χ0v) is 33.8. The highest BCUT2D eigenvalue weighted by molar-refractivity contribution is 14.1. The van der Waals surface area contributed by atoms with E-state index in [2.05, 4.69) is 226 Å². The van der Waals surface area contributed by atoms with E-state index in [9.17, 15) is 0 Å². The molecule has 0 radical (unpaired) electrons. The van der Waals surface area contributed by atoms with Crippen molar-refractivity contribution < 1.29 is 0 Å². The number of hydrogen-bond donors (Lipinski definition) is 0. The lowest BCUT2D eigenvalue weighted by molar-refractivity contribution is 0.915. The second kappa shape index (κ2) is 12.7. The van der Waals surface area contributed by atoms with Gasteiger partial charge in [-0.2, -0.15) is 0 Å². The molecule has 2 aliphatic heterocycles. The Bertz CT molecular complexity index is 3180. The molecule has 3 aliphatic rings. The third-order valence-electron chi connectivity index (χ3n) is 12.2. The summed E-state index contributed by atoms with van der Waals surface area (Å²) in [7, 11) is 0. The van der Waals surface area contributed by atoms with Crippen LogP contribution in [0.2, 0.25) is 0 Å². The number of halogens is 1. The van der Waals surface area contributed by atoms with Gasteiger partial charge in [-0.05, 0) is 94.9 Å². The smallest absolute Gasteiger partial charge is 0.0703 e. The molecule has 7 aromatic carbocycles. The maximum Gasteiger partial charge on any atom is 0.0703 e. The third-order valence-corrected chi connectivity index (χ3v) is 13.3. The van der Waals surface area contributed by atoms with Gasteiger partial charge >= 0.3 is 0 Å². The molecule has 0 saturated carbocycles. The van der Waals surface area contributed by atoms with Crippen LogP contribution in [0.5, 0.6) is 0 Å². The van der Waals surface area contributed by atoms with E-state index in [-0.39, 0.29) is 3.42 Å². The fourth-order valence-corrected chi connectivity index (χ4v) is 10.6. The van der Waals surface area contributed by atoms with Crippen molar-refractivity contribution in [2.24, 2.45) is 0 Å². The maximum atomic E-state index is 5.07. The molecule has 274 valence electrons. The van der Waals surface area contributed by atoms with Crippen LogP contribution in [0.15, 0.2) is 182 Å². The lowest BCUT2D eigenvalue weighted by Crippen LogP contribution is -2.15. The summed E-state index contributed by atoms with van der Waals surface area (Å²) in [5.74, 6) is 0. The fourth-order valence-electron chi connectivity index (χ4n) is 9.67. The minimum Gasteiger partial charge on any atom is -0.309 e. The topological polar surface area (TPSA) is 24.3 Å². The molecule has 58 heavy (non-hydrogen) atoms. The van der Waals surface area contributed by atoms with Crippen LogP contribution in [0.4, 0.5) is 34.1 Å². The maximum absolute atomic E-state index is 5.07. The van der Waals surface area contributed by atoms with Gasteiger partial charge in [-0.3, -0.25) is 4.98 Å². The van der Waals surface area contributed by atoms with E-state index in [0.29, 0.717) is 0 Å². The number of pyridine rings is 1. The molecule has 1 atom stereocenters. The van der Waals surface area contributed by atoms with Crippen molar-refractivity contribution in [3.8, 4) is 39.2 Å². The first-order valence-corrected chi connectivity index (χ1v) is 20.8. The van der Waals surface area contributed by atoms with Gasteiger partial charge in [0.2, 0.25) is 0 Å². The molecule has 2 aromatic heterocycles. The van der Waals surface area contributed by atoms with E-state index in [1.54, 1.807) is 0 Å². The van der Waals surface area contributed by atoms with Gasteiger partial charge in [0, 0.05) is 27.8 Å². The molecular formula is C53H35IN4. The number of fused-ring (bicyclic) bond motifs is 12. The minimum absolute atomic E-state index is 0.168. The Labute approximate surface area is 351 Å². The average Bonchev–Trinajstić information content (AvgIpc) is 3.59. The van der Waals surface area contributed by atoms with E-state index in [4.69, 9.17) is 4.98 Å². The number of rotatable bonds is 3. The van der Waals surface area contributed by atoms with Crippen LogP contribution >= 0.6 is 22.6 Å². The number of nitrogens with zero attached hydrogens (tertiary/aromatic N) is 4. The van der Waals surface area contributed by atoms with Gasteiger partial charge in [-0.1, -0.05) is 150 Å². The lowest BCUT2D eigenvalue weighted by atomic mass is 9.96. The minimum atomic E-state index is -0.168. The first-order valence-electron chi connectivity index (χ1n) is 19.7. The van der Waals surface area contributed by atoms with Crippen molar-refractivity contribution in [2.45, 2.75) is 10.3 Å².